The molecule has 1 aliphatic rings. The van der Waals surface area contributed by atoms with Crippen LogP contribution >= 0.6 is 22.7 Å². The number of aromatic nitrogens is 3. The summed E-state index contributed by atoms with van der Waals surface area (Å²) < 4.78 is 20.3. The summed E-state index contributed by atoms with van der Waals surface area (Å²) in [6, 6.07) is 5.91. The summed E-state index contributed by atoms with van der Waals surface area (Å²) in [6.45, 7) is 2.95. The molecule has 0 fully saturated rings. The van der Waals surface area contributed by atoms with E-state index in [4.69, 9.17) is 4.74 Å². The average molecular weight is 442 g/mol. The number of nitrogens with zero attached hydrogens (tertiary/aromatic N) is 3. The van der Waals surface area contributed by atoms with E-state index >= 15 is 0 Å². The maximum Gasteiger partial charge on any atom is 0.262 e. The first kappa shape index (κ1) is 19.4. The fourth-order valence-corrected chi connectivity index (χ4v) is 5.85. The minimum absolute atomic E-state index is 0.0177. The van der Waals surface area contributed by atoms with Crippen LogP contribution in [0.1, 0.15) is 34.5 Å². The second-order valence-corrected chi connectivity index (χ2v) is 9.71. The summed E-state index contributed by atoms with van der Waals surface area (Å²) in [5, 5.41) is 3.53. The third-order valence-electron chi connectivity index (χ3n) is 5.39. The van der Waals surface area contributed by atoms with E-state index in [1.165, 1.54) is 33.9 Å². The molecule has 0 spiro atoms. The quantitative estimate of drug-likeness (QED) is 0.446. The molecular weight excluding hydrogens is 421 g/mol. The van der Waals surface area contributed by atoms with Crippen LogP contribution in [0.5, 0.6) is 5.75 Å². The Hall–Kier alpha value is -2.58. The van der Waals surface area contributed by atoms with Crippen molar-refractivity contribution in [3.63, 3.8) is 0 Å². The number of ether oxygens (including phenoxy) is 1. The van der Waals surface area contributed by atoms with E-state index < -0.39 is 0 Å². The standard InChI is InChI=1S/C22H20FN3O2S2/c1-13-2-7-17-18(8-13)30-21-20(17)22(27)26(12-24-21)9-15-11-29-19(25-15)10-28-16-5-3-14(23)4-6-16/h3-6,11-13H,2,7-10H2,1H3. The predicted octanol–water partition coefficient (Wildman–Crippen LogP) is 4.81. The van der Waals surface area contributed by atoms with Crippen molar-refractivity contribution in [2.45, 2.75) is 39.3 Å². The molecule has 1 aromatic carbocycles. The molecule has 0 bridgehead atoms. The van der Waals surface area contributed by atoms with Crippen molar-refractivity contribution >= 4 is 32.9 Å². The van der Waals surface area contributed by atoms with E-state index in [1.807, 2.05) is 5.38 Å². The molecule has 30 heavy (non-hydrogen) atoms. The van der Waals surface area contributed by atoms with E-state index in [-0.39, 0.29) is 11.4 Å². The van der Waals surface area contributed by atoms with Gasteiger partial charge in [-0.25, -0.2) is 14.4 Å². The SMILES string of the molecule is CC1CCc2c(sc3ncn(Cc4csc(COc5ccc(F)cc5)n4)c(=O)c23)C1. The Morgan fingerprint density at radius 3 is 2.97 bits per heavy atom. The Morgan fingerprint density at radius 2 is 2.13 bits per heavy atom. The summed E-state index contributed by atoms with van der Waals surface area (Å²) in [5.74, 6) is 0.963. The molecule has 8 heteroatoms. The second kappa shape index (κ2) is 7.92. The van der Waals surface area contributed by atoms with Crippen LogP contribution in [0.2, 0.25) is 0 Å². The summed E-state index contributed by atoms with van der Waals surface area (Å²) >= 11 is 3.15. The van der Waals surface area contributed by atoms with Gasteiger partial charge in [0.25, 0.3) is 5.56 Å². The van der Waals surface area contributed by atoms with Crippen LogP contribution in [0.3, 0.4) is 0 Å². The summed E-state index contributed by atoms with van der Waals surface area (Å²) in [4.78, 5) is 24.4. The van der Waals surface area contributed by atoms with Gasteiger partial charge in [-0.3, -0.25) is 9.36 Å². The molecule has 0 N–H and O–H groups in total. The highest BCUT2D eigenvalue weighted by atomic mass is 32.1. The Kier molecular flexibility index (Phi) is 5.12. The van der Waals surface area contributed by atoms with Crippen LogP contribution in [-0.2, 0) is 26.0 Å². The molecule has 3 heterocycles. The Balaban J connectivity index is 1.34. The lowest BCUT2D eigenvalue weighted by Gasteiger charge is -2.17. The molecule has 3 aromatic heterocycles. The maximum absolute atomic E-state index is 13.1. The number of thiazole rings is 1. The minimum atomic E-state index is -0.295. The average Bonchev–Trinajstić information content (AvgIpc) is 3.33. The lowest BCUT2D eigenvalue weighted by Crippen LogP contribution is -2.22. The normalized spacial score (nSPS) is 16.0. The Labute approximate surface area is 180 Å². The van der Waals surface area contributed by atoms with Gasteiger partial charge in [0, 0.05) is 10.3 Å². The smallest absolute Gasteiger partial charge is 0.262 e. The molecule has 0 radical (unpaired) electrons. The molecule has 0 amide bonds. The van der Waals surface area contributed by atoms with Crippen LogP contribution in [-0.4, -0.2) is 14.5 Å². The van der Waals surface area contributed by atoms with Gasteiger partial charge in [-0.05, 0) is 55.0 Å². The van der Waals surface area contributed by atoms with Crippen LogP contribution in [0.25, 0.3) is 10.2 Å². The zero-order valence-electron chi connectivity index (χ0n) is 16.4. The van der Waals surface area contributed by atoms with Crippen LogP contribution in [0.15, 0.2) is 40.8 Å². The molecule has 0 saturated heterocycles. The van der Waals surface area contributed by atoms with Gasteiger partial charge < -0.3 is 4.74 Å². The van der Waals surface area contributed by atoms with Crippen LogP contribution in [0.4, 0.5) is 4.39 Å². The molecule has 1 aliphatic carbocycles. The van der Waals surface area contributed by atoms with Crippen molar-refractivity contribution in [2.75, 3.05) is 0 Å². The van der Waals surface area contributed by atoms with E-state index in [0.717, 1.165) is 40.2 Å². The van der Waals surface area contributed by atoms with E-state index in [1.54, 1.807) is 34.4 Å². The molecule has 5 rings (SSSR count). The highest BCUT2D eigenvalue weighted by Gasteiger charge is 2.23. The zero-order valence-corrected chi connectivity index (χ0v) is 18.1. The van der Waals surface area contributed by atoms with Gasteiger partial charge in [-0.15, -0.1) is 22.7 Å². The van der Waals surface area contributed by atoms with Crippen molar-refractivity contribution in [1.29, 1.82) is 0 Å². The summed E-state index contributed by atoms with van der Waals surface area (Å²) in [6.07, 6.45) is 4.75. The van der Waals surface area contributed by atoms with Gasteiger partial charge in [0.2, 0.25) is 0 Å². The highest BCUT2D eigenvalue weighted by Crippen LogP contribution is 2.35. The molecule has 154 valence electrons. The molecule has 1 unspecified atom stereocenters. The number of fused-ring (bicyclic) bond motifs is 3. The number of hydrogen-bond donors (Lipinski definition) is 0. The lowest BCUT2D eigenvalue weighted by molar-refractivity contribution is 0.305. The van der Waals surface area contributed by atoms with Gasteiger partial charge in [0.15, 0.2) is 0 Å². The van der Waals surface area contributed by atoms with E-state index in [0.29, 0.717) is 24.8 Å². The summed E-state index contributed by atoms with van der Waals surface area (Å²) in [5.41, 5.74) is 2.02. The van der Waals surface area contributed by atoms with Gasteiger partial charge >= 0.3 is 0 Å². The monoisotopic (exact) mass is 441 g/mol. The van der Waals surface area contributed by atoms with Gasteiger partial charge in [0.05, 0.1) is 24.0 Å². The number of thiophene rings is 1. The number of aryl methyl sites for hydroxylation is 1. The van der Waals surface area contributed by atoms with E-state index in [9.17, 15) is 9.18 Å². The van der Waals surface area contributed by atoms with Crippen molar-refractivity contribution in [2.24, 2.45) is 5.92 Å². The van der Waals surface area contributed by atoms with Crippen molar-refractivity contribution in [1.82, 2.24) is 14.5 Å². The van der Waals surface area contributed by atoms with Gasteiger partial charge in [0.1, 0.15) is 28.0 Å². The van der Waals surface area contributed by atoms with Crippen LogP contribution in [0, 0.1) is 11.7 Å². The number of rotatable bonds is 5. The maximum atomic E-state index is 13.1. The molecule has 0 saturated carbocycles. The third-order valence-corrected chi connectivity index (χ3v) is 7.42. The first-order valence-corrected chi connectivity index (χ1v) is 11.6. The number of hydrogen-bond acceptors (Lipinski definition) is 6. The number of halogens is 1. The fourth-order valence-electron chi connectivity index (χ4n) is 3.82. The first-order valence-electron chi connectivity index (χ1n) is 9.88. The molecule has 4 aromatic rings. The lowest BCUT2D eigenvalue weighted by atomic mass is 9.89. The number of benzene rings is 1. The minimum Gasteiger partial charge on any atom is -0.486 e. The van der Waals surface area contributed by atoms with Crippen molar-refractivity contribution in [3.05, 3.63) is 73.3 Å². The van der Waals surface area contributed by atoms with Crippen LogP contribution < -0.4 is 10.3 Å². The molecular formula is C22H20FN3O2S2. The summed E-state index contributed by atoms with van der Waals surface area (Å²) in [7, 11) is 0. The molecule has 5 nitrogen and oxygen atoms in total. The van der Waals surface area contributed by atoms with Gasteiger partial charge in [-0.1, -0.05) is 6.92 Å². The molecule has 1 atom stereocenters. The molecule has 0 aliphatic heterocycles. The van der Waals surface area contributed by atoms with Gasteiger partial charge in [-0.2, -0.15) is 0 Å². The van der Waals surface area contributed by atoms with Crippen molar-refractivity contribution in [3.8, 4) is 5.75 Å². The fraction of sp³-hybridized carbons (Fsp3) is 0.318. The predicted molar refractivity (Wildman–Crippen MR) is 117 cm³/mol. The topological polar surface area (TPSA) is 57.0 Å². The van der Waals surface area contributed by atoms with Crippen molar-refractivity contribution < 1.29 is 9.13 Å². The zero-order chi connectivity index (χ0) is 20.7. The highest BCUT2D eigenvalue weighted by molar-refractivity contribution is 7.18. The largest absolute Gasteiger partial charge is 0.486 e. The second-order valence-electron chi connectivity index (χ2n) is 7.68. The Morgan fingerprint density at radius 1 is 1.30 bits per heavy atom. The first-order chi connectivity index (χ1) is 14.6. The third kappa shape index (κ3) is 3.77. The Bertz CT molecular complexity index is 1260. The van der Waals surface area contributed by atoms with E-state index in [2.05, 4.69) is 16.9 Å².